The molecule has 1 heterocycles. The number of hydrogen-bond acceptors (Lipinski definition) is 7. The molecule has 0 amide bonds. The summed E-state index contributed by atoms with van der Waals surface area (Å²) in [4.78, 5) is 33.3. The Morgan fingerprint density at radius 2 is 1.81 bits per heavy atom. The highest BCUT2D eigenvalue weighted by Crippen LogP contribution is 2.15. The van der Waals surface area contributed by atoms with Gasteiger partial charge in [0, 0.05) is 6.07 Å². The molecule has 0 atom stereocenters. The summed E-state index contributed by atoms with van der Waals surface area (Å²) in [5.74, 6) is -4.16. The highest BCUT2D eigenvalue weighted by Gasteiger charge is 2.22. The second kappa shape index (κ2) is 4.47. The molecule has 7 nitrogen and oxygen atoms in total. The first-order chi connectivity index (χ1) is 7.51. The fourth-order valence-corrected chi connectivity index (χ4v) is 0.919. The SMILES string of the molecule is COC(=O)c1cc(=O)c(O)c(C(=O)OC)o1. The summed E-state index contributed by atoms with van der Waals surface area (Å²) >= 11 is 0. The molecular weight excluding hydrogens is 220 g/mol. The van der Waals surface area contributed by atoms with E-state index in [0.29, 0.717) is 6.07 Å². The fourth-order valence-electron chi connectivity index (χ4n) is 0.919. The third-order valence-corrected chi connectivity index (χ3v) is 1.68. The number of esters is 2. The summed E-state index contributed by atoms with van der Waals surface area (Å²) in [6.45, 7) is 0. The van der Waals surface area contributed by atoms with Crippen molar-refractivity contribution >= 4 is 11.9 Å². The third-order valence-electron chi connectivity index (χ3n) is 1.68. The number of aromatic hydroxyl groups is 1. The Hall–Kier alpha value is -2.31. The molecule has 16 heavy (non-hydrogen) atoms. The van der Waals surface area contributed by atoms with Crippen LogP contribution in [0.2, 0.25) is 0 Å². The van der Waals surface area contributed by atoms with E-state index in [1.165, 1.54) is 0 Å². The van der Waals surface area contributed by atoms with Crippen LogP contribution in [0.25, 0.3) is 0 Å². The molecule has 1 aromatic rings. The predicted molar refractivity (Wildman–Crippen MR) is 49.3 cm³/mol. The van der Waals surface area contributed by atoms with Gasteiger partial charge in [-0.25, -0.2) is 9.59 Å². The quantitative estimate of drug-likeness (QED) is 0.706. The number of methoxy groups -OCH3 is 2. The third kappa shape index (κ3) is 2.02. The molecule has 0 unspecified atom stereocenters. The monoisotopic (exact) mass is 228 g/mol. The highest BCUT2D eigenvalue weighted by molar-refractivity contribution is 5.91. The molecule has 0 saturated carbocycles. The summed E-state index contributed by atoms with van der Waals surface area (Å²) < 4.78 is 13.2. The van der Waals surface area contributed by atoms with E-state index in [9.17, 15) is 19.5 Å². The van der Waals surface area contributed by atoms with Gasteiger partial charge in [0.15, 0.2) is 0 Å². The molecule has 1 aromatic heterocycles. The van der Waals surface area contributed by atoms with Crippen molar-refractivity contribution in [1.82, 2.24) is 0 Å². The van der Waals surface area contributed by atoms with Crippen LogP contribution in [-0.4, -0.2) is 31.3 Å². The molecule has 1 N–H and O–H groups in total. The molecule has 7 heteroatoms. The molecule has 1 rings (SSSR count). The lowest BCUT2D eigenvalue weighted by atomic mass is 10.3. The zero-order chi connectivity index (χ0) is 12.3. The van der Waals surface area contributed by atoms with Crippen LogP contribution >= 0.6 is 0 Å². The Labute approximate surface area is 89.2 Å². The van der Waals surface area contributed by atoms with Gasteiger partial charge in [0.25, 0.3) is 5.76 Å². The van der Waals surface area contributed by atoms with Crippen LogP contribution in [-0.2, 0) is 9.47 Å². The smallest absolute Gasteiger partial charge is 0.378 e. The normalized spacial score (nSPS) is 9.62. The molecule has 0 saturated heterocycles. The Bertz CT molecular complexity index is 485. The molecule has 0 aliphatic heterocycles. The average Bonchev–Trinajstić information content (AvgIpc) is 2.30. The molecule has 0 radical (unpaired) electrons. The number of ether oxygens (including phenoxy) is 2. The van der Waals surface area contributed by atoms with Crippen molar-refractivity contribution in [2.75, 3.05) is 14.2 Å². The summed E-state index contributed by atoms with van der Waals surface area (Å²) in [5.41, 5.74) is -0.938. The number of hydrogen-bond donors (Lipinski definition) is 1. The van der Waals surface area contributed by atoms with Crippen molar-refractivity contribution in [3.63, 3.8) is 0 Å². The van der Waals surface area contributed by atoms with Crippen LogP contribution in [0.1, 0.15) is 21.1 Å². The summed E-state index contributed by atoms with van der Waals surface area (Å²) in [6, 6.07) is 0.716. The van der Waals surface area contributed by atoms with Crippen LogP contribution in [0.5, 0.6) is 5.75 Å². The number of rotatable bonds is 2. The largest absolute Gasteiger partial charge is 0.501 e. The van der Waals surface area contributed by atoms with E-state index < -0.39 is 34.6 Å². The summed E-state index contributed by atoms with van der Waals surface area (Å²) in [6.07, 6.45) is 0. The van der Waals surface area contributed by atoms with E-state index in [4.69, 9.17) is 4.42 Å². The van der Waals surface area contributed by atoms with E-state index in [-0.39, 0.29) is 0 Å². The predicted octanol–water partition coefficient (Wildman–Crippen LogP) is -0.0814. The second-order valence-corrected chi connectivity index (χ2v) is 2.64. The zero-order valence-corrected chi connectivity index (χ0v) is 8.47. The fraction of sp³-hybridized carbons (Fsp3) is 0.222. The lowest BCUT2D eigenvalue weighted by molar-refractivity contribution is 0.0517. The van der Waals surface area contributed by atoms with E-state index in [0.717, 1.165) is 14.2 Å². The van der Waals surface area contributed by atoms with Gasteiger partial charge < -0.3 is 19.0 Å². The van der Waals surface area contributed by atoms with E-state index in [1.807, 2.05) is 0 Å². The number of carbonyl (C=O) groups excluding carboxylic acids is 2. The average molecular weight is 228 g/mol. The maximum absolute atomic E-state index is 11.2. The molecule has 0 aliphatic rings. The zero-order valence-electron chi connectivity index (χ0n) is 8.47. The maximum atomic E-state index is 11.2. The van der Waals surface area contributed by atoms with Gasteiger partial charge in [0.2, 0.25) is 16.9 Å². The van der Waals surface area contributed by atoms with Gasteiger partial charge in [0.1, 0.15) is 0 Å². The van der Waals surface area contributed by atoms with Gasteiger partial charge in [-0.2, -0.15) is 0 Å². The van der Waals surface area contributed by atoms with Gasteiger partial charge in [-0.05, 0) is 0 Å². The summed E-state index contributed by atoms with van der Waals surface area (Å²) in [7, 11) is 2.11. The van der Waals surface area contributed by atoms with E-state index in [2.05, 4.69) is 9.47 Å². The van der Waals surface area contributed by atoms with E-state index in [1.54, 1.807) is 0 Å². The standard InChI is InChI=1S/C9H8O7/c1-14-8(12)5-3-4(10)6(11)7(16-5)9(13)15-2/h3,11H,1-2H3. The van der Waals surface area contributed by atoms with Crippen molar-refractivity contribution in [2.45, 2.75) is 0 Å². The van der Waals surface area contributed by atoms with Gasteiger partial charge in [0.05, 0.1) is 14.2 Å². The van der Waals surface area contributed by atoms with Crippen LogP contribution in [0, 0.1) is 0 Å². The Balaban J connectivity index is 3.39. The van der Waals surface area contributed by atoms with Crippen molar-refractivity contribution in [1.29, 1.82) is 0 Å². The van der Waals surface area contributed by atoms with Crippen LogP contribution in [0.3, 0.4) is 0 Å². The van der Waals surface area contributed by atoms with E-state index >= 15 is 0 Å². The minimum Gasteiger partial charge on any atom is -0.501 e. The van der Waals surface area contributed by atoms with Crippen molar-refractivity contribution in [2.24, 2.45) is 0 Å². The first-order valence-corrected chi connectivity index (χ1v) is 4.05. The van der Waals surface area contributed by atoms with Crippen molar-refractivity contribution in [3.05, 3.63) is 27.8 Å². The Morgan fingerprint density at radius 3 is 2.31 bits per heavy atom. The van der Waals surface area contributed by atoms with Crippen molar-refractivity contribution in [3.8, 4) is 5.75 Å². The van der Waals surface area contributed by atoms with Crippen LogP contribution < -0.4 is 5.43 Å². The molecule has 86 valence electrons. The van der Waals surface area contributed by atoms with Crippen molar-refractivity contribution < 1.29 is 28.6 Å². The van der Waals surface area contributed by atoms with Gasteiger partial charge >= 0.3 is 11.9 Å². The topological polar surface area (TPSA) is 103 Å². The maximum Gasteiger partial charge on any atom is 0.378 e. The molecule has 0 spiro atoms. The second-order valence-electron chi connectivity index (χ2n) is 2.64. The van der Waals surface area contributed by atoms with Gasteiger partial charge in [-0.3, -0.25) is 4.79 Å². The number of carbonyl (C=O) groups is 2. The van der Waals surface area contributed by atoms with Crippen LogP contribution in [0.4, 0.5) is 0 Å². The Morgan fingerprint density at radius 1 is 1.25 bits per heavy atom. The first kappa shape index (κ1) is 11.8. The molecule has 0 fully saturated rings. The minimum atomic E-state index is -1.07. The molecule has 0 aliphatic carbocycles. The lowest BCUT2D eigenvalue weighted by Gasteiger charge is -2.03. The lowest BCUT2D eigenvalue weighted by Crippen LogP contribution is -2.13. The molecule has 0 bridgehead atoms. The first-order valence-electron chi connectivity index (χ1n) is 4.05. The van der Waals surface area contributed by atoms with Gasteiger partial charge in [-0.15, -0.1) is 0 Å². The highest BCUT2D eigenvalue weighted by atomic mass is 16.6. The van der Waals surface area contributed by atoms with Crippen LogP contribution in [0.15, 0.2) is 15.3 Å². The molecule has 0 aromatic carbocycles. The Kier molecular flexibility index (Phi) is 3.29. The molecular formula is C9H8O7. The van der Waals surface area contributed by atoms with Gasteiger partial charge in [-0.1, -0.05) is 0 Å². The minimum absolute atomic E-state index is 0.495. The summed E-state index contributed by atoms with van der Waals surface area (Å²) in [5, 5.41) is 9.22.